The van der Waals surface area contributed by atoms with Crippen LogP contribution in [0.5, 0.6) is 0 Å². The van der Waals surface area contributed by atoms with Crippen LogP contribution in [0.3, 0.4) is 0 Å². The van der Waals surface area contributed by atoms with E-state index >= 15 is 0 Å². The Labute approximate surface area is 136 Å². The summed E-state index contributed by atoms with van der Waals surface area (Å²) >= 11 is 0. The monoisotopic (exact) mass is 310 g/mol. The van der Waals surface area contributed by atoms with Gasteiger partial charge in [0, 0.05) is 45.0 Å². The second kappa shape index (κ2) is 5.49. The molecule has 23 heavy (non-hydrogen) atoms. The minimum atomic E-state index is 0.0418. The van der Waals surface area contributed by atoms with Crippen molar-refractivity contribution < 1.29 is 4.79 Å². The summed E-state index contributed by atoms with van der Waals surface area (Å²) in [7, 11) is 1.88. The van der Waals surface area contributed by atoms with Gasteiger partial charge >= 0.3 is 0 Å². The van der Waals surface area contributed by atoms with Gasteiger partial charge in [0.15, 0.2) is 5.82 Å². The molecule has 1 amide bonds. The molecular weight excluding hydrogens is 288 g/mol. The number of carbonyl (C=O) groups is 1. The van der Waals surface area contributed by atoms with Crippen molar-refractivity contribution in [1.29, 1.82) is 0 Å². The molecule has 0 spiro atoms. The molecule has 1 N–H and O–H groups in total. The van der Waals surface area contributed by atoms with Crippen LogP contribution in [-0.4, -0.2) is 40.0 Å². The summed E-state index contributed by atoms with van der Waals surface area (Å²) < 4.78 is 1.81. The third-order valence-electron chi connectivity index (χ3n) is 5.35. The standard InChI is InChI=1S/C18H22N4O/c1-12-5-3-4-6-14(12)16-15-10-19-9-13(15)11-22(16)18(23)17-20-7-8-21(17)2/h3-8,13,15-16,19H,9-11H2,1-2H3/t13-,15-,16+/m0/s1. The minimum Gasteiger partial charge on any atom is -0.330 e. The molecular formula is C18H22N4O. The fourth-order valence-corrected chi connectivity index (χ4v) is 4.15. The van der Waals surface area contributed by atoms with Crippen LogP contribution in [0.15, 0.2) is 36.7 Å². The van der Waals surface area contributed by atoms with Gasteiger partial charge in [0.25, 0.3) is 5.91 Å². The number of aryl methyl sites for hydroxylation is 2. The summed E-state index contributed by atoms with van der Waals surface area (Å²) in [6.45, 7) is 4.92. The zero-order chi connectivity index (χ0) is 16.0. The second-order valence-corrected chi connectivity index (χ2v) is 6.70. The van der Waals surface area contributed by atoms with Gasteiger partial charge in [0.1, 0.15) is 0 Å². The molecule has 1 aromatic carbocycles. The van der Waals surface area contributed by atoms with Gasteiger partial charge in [0.05, 0.1) is 6.04 Å². The Bertz CT molecular complexity index is 738. The van der Waals surface area contributed by atoms with Crippen LogP contribution in [0, 0.1) is 18.8 Å². The molecule has 1 aromatic heterocycles. The maximum absolute atomic E-state index is 13.1. The van der Waals surface area contributed by atoms with Crippen molar-refractivity contribution in [3.8, 4) is 0 Å². The van der Waals surface area contributed by atoms with Gasteiger partial charge in [0.2, 0.25) is 0 Å². The molecule has 2 aliphatic heterocycles. The second-order valence-electron chi connectivity index (χ2n) is 6.70. The van der Waals surface area contributed by atoms with Crippen LogP contribution < -0.4 is 5.32 Å². The number of amides is 1. The number of imidazole rings is 1. The van der Waals surface area contributed by atoms with Gasteiger partial charge < -0.3 is 14.8 Å². The Balaban J connectivity index is 1.75. The van der Waals surface area contributed by atoms with Crippen LogP contribution >= 0.6 is 0 Å². The lowest BCUT2D eigenvalue weighted by molar-refractivity contribution is 0.0697. The van der Waals surface area contributed by atoms with E-state index < -0.39 is 0 Å². The van der Waals surface area contributed by atoms with Crippen LogP contribution in [-0.2, 0) is 7.05 Å². The van der Waals surface area contributed by atoms with Crippen molar-refractivity contribution in [2.45, 2.75) is 13.0 Å². The van der Waals surface area contributed by atoms with Crippen molar-refractivity contribution in [1.82, 2.24) is 19.8 Å². The van der Waals surface area contributed by atoms with E-state index in [1.165, 1.54) is 11.1 Å². The maximum Gasteiger partial charge on any atom is 0.290 e. The molecule has 3 heterocycles. The average Bonchev–Trinajstić information content (AvgIpc) is 3.22. The van der Waals surface area contributed by atoms with E-state index in [9.17, 15) is 4.79 Å². The van der Waals surface area contributed by atoms with E-state index in [4.69, 9.17) is 0 Å². The predicted molar refractivity (Wildman–Crippen MR) is 88.0 cm³/mol. The molecule has 2 aliphatic rings. The summed E-state index contributed by atoms with van der Waals surface area (Å²) in [6.07, 6.45) is 3.52. The third-order valence-corrected chi connectivity index (χ3v) is 5.35. The molecule has 2 aromatic rings. The molecule has 0 unspecified atom stereocenters. The van der Waals surface area contributed by atoms with Crippen molar-refractivity contribution in [2.75, 3.05) is 19.6 Å². The first kappa shape index (κ1) is 14.5. The number of nitrogens with one attached hydrogen (secondary N) is 1. The maximum atomic E-state index is 13.1. The number of hydrogen-bond acceptors (Lipinski definition) is 3. The van der Waals surface area contributed by atoms with Crippen molar-refractivity contribution >= 4 is 5.91 Å². The highest BCUT2D eigenvalue weighted by molar-refractivity contribution is 5.91. The lowest BCUT2D eigenvalue weighted by Gasteiger charge is -2.29. The zero-order valence-electron chi connectivity index (χ0n) is 13.6. The molecule has 2 fully saturated rings. The smallest absolute Gasteiger partial charge is 0.290 e. The highest BCUT2D eigenvalue weighted by Gasteiger charge is 2.47. The molecule has 5 nitrogen and oxygen atoms in total. The number of hydrogen-bond donors (Lipinski definition) is 1. The Morgan fingerprint density at radius 1 is 1.30 bits per heavy atom. The molecule has 0 aliphatic carbocycles. The number of benzene rings is 1. The summed E-state index contributed by atoms with van der Waals surface area (Å²) in [5.41, 5.74) is 2.52. The van der Waals surface area contributed by atoms with E-state index in [1.807, 2.05) is 22.7 Å². The van der Waals surface area contributed by atoms with E-state index in [0.29, 0.717) is 17.7 Å². The highest BCUT2D eigenvalue weighted by Crippen LogP contribution is 2.43. The first-order valence-corrected chi connectivity index (χ1v) is 8.21. The molecule has 3 atom stereocenters. The number of fused-ring (bicyclic) bond motifs is 1. The topological polar surface area (TPSA) is 50.2 Å². The average molecular weight is 310 g/mol. The fraction of sp³-hybridized carbons (Fsp3) is 0.444. The summed E-state index contributed by atoms with van der Waals surface area (Å²) in [6, 6.07) is 8.57. The van der Waals surface area contributed by atoms with E-state index in [0.717, 1.165) is 19.6 Å². The van der Waals surface area contributed by atoms with Gasteiger partial charge in [-0.15, -0.1) is 0 Å². The molecule has 2 saturated heterocycles. The number of likely N-dealkylation sites (tertiary alicyclic amines) is 1. The largest absolute Gasteiger partial charge is 0.330 e. The van der Waals surface area contributed by atoms with E-state index in [-0.39, 0.29) is 11.9 Å². The van der Waals surface area contributed by atoms with Gasteiger partial charge in [-0.1, -0.05) is 24.3 Å². The molecule has 5 heteroatoms. The first-order chi connectivity index (χ1) is 11.2. The molecule has 0 bridgehead atoms. The van der Waals surface area contributed by atoms with E-state index in [1.54, 1.807) is 6.20 Å². The van der Waals surface area contributed by atoms with Crippen LogP contribution in [0.2, 0.25) is 0 Å². The van der Waals surface area contributed by atoms with Crippen molar-refractivity contribution in [3.05, 3.63) is 53.6 Å². The molecule has 4 rings (SSSR count). The number of nitrogens with zero attached hydrogens (tertiary/aromatic N) is 3. The summed E-state index contributed by atoms with van der Waals surface area (Å²) in [5, 5.41) is 3.49. The van der Waals surface area contributed by atoms with Gasteiger partial charge in [-0.2, -0.15) is 0 Å². The Kier molecular flexibility index (Phi) is 3.45. The van der Waals surface area contributed by atoms with Crippen LogP contribution in [0.25, 0.3) is 0 Å². The summed E-state index contributed by atoms with van der Waals surface area (Å²) in [4.78, 5) is 19.4. The Morgan fingerprint density at radius 2 is 2.13 bits per heavy atom. The number of aromatic nitrogens is 2. The van der Waals surface area contributed by atoms with Gasteiger partial charge in [-0.25, -0.2) is 4.98 Å². The van der Waals surface area contributed by atoms with Crippen molar-refractivity contribution in [2.24, 2.45) is 18.9 Å². The lowest BCUT2D eigenvalue weighted by Crippen LogP contribution is -2.36. The van der Waals surface area contributed by atoms with Gasteiger partial charge in [-0.3, -0.25) is 4.79 Å². The lowest BCUT2D eigenvalue weighted by atomic mass is 9.87. The SMILES string of the molecule is Cc1ccccc1[C@@H]1[C@H]2CNC[C@H]2CN1C(=O)c1nccn1C. The number of rotatable bonds is 2. The van der Waals surface area contributed by atoms with Crippen LogP contribution in [0.1, 0.15) is 27.8 Å². The molecule has 0 saturated carbocycles. The molecule has 120 valence electrons. The number of carbonyl (C=O) groups excluding carboxylic acids is 1. The first-order valence-electron chi connectivity index (χ1n) is 8.21. The Hall–Kier alpha value is -2.14. The third kappa shape index (κ3) is 2.27. The fourth-order valence-electron chi connectivity index (χ4n) is 4.15. The molecule has 0 radical (unpaired) electrons. The van der Waals surface area contributed by atoms with Crippen LogP contribution in [0.4, 0.5) is 0 Å². The quantitative estimate of drug-likeness (QED) is 0.919. The normalized spacial score (nSPS) is 26.5. The zero-order valence-corrected chi connectivity index (χ0v) is 13.6. The Morgan fingerprint density at radius 3 is 2.87 bits per heavy atom. The van der Waals surface area contributed by atoms with E-state index in [2.05, 4.69) is 41.5 Å². The van der Waals surface area contributed by atoms with Gasteiger partial charge in [-0.05, 0) is 24.0 Å². The summed E-state index contributed by atoms with van der Waals surface area (Å²) in [5.74, 6) is 1.58. The predicted octanol–water partition coefficient (Wildman–Crippen LogP) is 1.76. The highest BCUT2D eigenvalue weighted by atomic mass is 16.2. The van der Waals surface area contributed by atoms with Crippen molar-refractivity contribution in [3.63, 3.8) is 0 Å². The minimum absolute atomic E-state index is 0.0418.